The first-order chi connectivity index (χ1) is 20.6. The van der Waals surface area contributed by atoms with Crippen molar-refractivity contribution in [3.63, 3.8) is 0 Å². The highest BCUT2D eigenvalue weighted by Crippen LogP contribution is 2.39. The molecule has 1 fully saturated rings. The molecule has 0 aliphatic carbocycles. The molecule has 1 saturated heterocycles. The number of hydrogen-bond donors (Lipinski definition) is 4. The molecular weight excluding hydrogens is 552 g/mol. The summed E-state index contributed by atoms with van der Waals surface area (Å²) in [6, 6.07) is 31.4. The van der Waals surface area contributed by atoms with Gasteiger partial charge in [-0.15, -0.1) is 0 Å². The minimum Gasteiger partial charge on any atom is -0.457 e. The van der Waals surface area contributed by atoms with E-state index in [1.807, 2.05) is 78.9 Å². The maximum absolute atomic E-state index is 12.6. The Morgan fingerprint density at radius 2 is 1.40 bits per heavy atom. The smallest absolute Gasteiger partial charge is 0.323 e. The number of aliphatic hydroxyl groups excluding tert-OH is 2. The van der Waals surface area contributed by atoms with Gasteiger partial charge in [-0.05, 0) is 59.7 Å². The third-order valence-electron chi connectivity index (χ3n) is 6.69. The van der Waals surface area contributed by atoms with E-state index in [1.54, 1.807) is 36.0 Å². The Bertz CT molecular complexity index is 1400. The standard InChI is InChI=1S/C33H34N2O6S/c36-18-19-42-22-30-20-31(24-8-6-23(21-37)7-9-24)41-32(40-30)25-10-12-26(13-11-25)34-33(38)35-27-14-16-29(17-15-27)39-28-4-2-1-3-5-28/h1-17,30-32,36-37H,18-22H2,(H2,34,35,38)/t30-,31+,32+/m0/s1. The highest BCUT2D eigenvalue weighted by atomic mass is 32.2. The second-order valence-electron chi connectivity index (χ2n) is 9.79. The Morgan fingerprint density at radius 3 is 2.05 bits per heavy atom. The first-order valence-corrected chi connectivity index (χ1v) is 15.0. The minimum atomic E-state index is -0.583. The average molecular weight is 587 g/mol. The lowest BCUT2D eigenvalue weighted by molar-refractivity contribution is -0.245. The molecule has 0 radical (unpaired) electrons. The van der Waals surface area contributed by atoms with E-state index in [2.05, 4.69) is 10.6 Å². The van der Waals surface area contributed by atoms with E-state index in [0.717, 1.165) is 28.2 Å². The van der Waals surface area contributed by atoms with Gasteiger partial charge < -0.3 is 35.1 Å². The van der Waals surface area contributed by atoms with E-state index in [4.69, 9.17) is 14.2 Å². The van der Waals surface area contributed by atoms with Gasteiger partial charge in [0.15, 0.2) is 6.29 Å². The van der Waals surface area contributed by atoms with E-state index >= 15 is 0 Å². The highest BCUT2D eigenvalue weighted by molar-refractivity contribution is 7.99. The molecule has 8 nitrogen and oxygen atoms in total. The van der Waals surface area contributed by atoms with Crippen molar-refractivity contribution in [3.05, 3.63) is 120 Å². The van der Waals surface area contributed by atoms with Crippen LogP contribution < -0.4 is 15.4 Å². The maximum atomic E-state index is 12.6. The number of urea groups is 1. The molecule has 4 aromatic carbocycles. The number of ether oxygens (including phenoxy) is 3. The molecule has 3 atom stereocenters. The fourth-order valence-electron chi connectivity index (χ4n) is 4.55. The molecular formula is C33H34N2O6S. The Hall–Kier alpha value is -3.86. The normalized spacial score (nSPS) is 18.3. The number of carbonyl (C=O) groups is 1. The van der Waals surface area contributed by atoms with Gasteiger partial charge in [0, 0.05) is 34.9 Å². The van der Waals surface area contributed by atoms with Crippen LogP contribution in [0.2, 0.25) is 0 Å². The fourth-order valence-corrected chi connectivity index (χ4v) is 5.32. The highest BCUT2D eigenvalue weighted by Gasteiger charge is 2.32. The molecule has 1 aliphatic heterocycles. The summed E-state index contributed by atoms with van der Waals surface area (Å²) in [5.74, 6) is 2.81. The molecule has 4 N–H and O–H groups in total. The second-order valence-corrected chi connectivity index (χ2v) is 10.9. The maximum Gasteiger partial charge on any atom is 0.323 e. The molecule has 9 heteroatoms. The van der Waals surface area contributed by atoms with Gasteiger partial charge >= 0.3 is 6.03 Å². The lowest BCUT2D eigenvalue weighted by Crippen LogP contribution is -2.31. The van der Waals surface area contributed by atoms with Crippen LogP contribution in [0.3, 0.4) is 0 Å². The van der Waals surface area contributed by atoms with E-state index in [-0.39, 0.29) is 31.5 Å². The molecule has 218 valence electrons. The van der Waals surface area contributed by atoms with Crippen molar-refractivity contribution in [2.75, 3.05) is 28.7 Å². The number of nitrogens with one attached hydrogen (secondary N) is 2. The summed E-state index contributed by atoms with van der Waals surface area (Å²) in [6.45, 7) is 0.117. The van der Waals surface area contributed by atoms with E-state index in [1.165, 1.54) is 0 Å². The zero-order chi connectivity index (χ0) is 29.1. The van der Waals surface area contributed by atoms with Crippen LogP contribution >= 0.6 is 11.8 Å². The molecule has 0 saturated carbocycles. The molecule has 2 amide bonds. The predicted octanol–water partition coefficient (Wildman–Crippen LogP) is 6.89. The van der Waals surface area contributed by atoms with Crippen LogP contribution in [0.4, 0.5) is 16.2 Å². The van der Waals surface area contributed by atoms with Crippen molar-refractivity contribution in [1.29, 1.82) is 0 Å². The van der Waals surface area contributed by atoms with E-state index < -0.39 is 6.29 Å². The molecule has 4 aromatic rings. The second kappa shape index (κ2) is 14.9. The van der Waals surface area contributed by atoms with Gasteiger partial charge in [0.1, 0.15) is 11.5 Å². The predicted molar refractivity (Wildman–Crippen MR) is 165 cm³/mol. The number of para-hydroxylation sites is 1. The Kier molecular flexibility index (Phi) is 10.5. The molecule has 42 heavy (non-hydrogen) atoms. The first-order valence-electron chi connectivity index (χ1n) is 13.8. The zero-order valence-electron chi connectivity index (χ0n) is 23.0. The van der Waals surface area contributed by atoms with Crippen molar-refractivity contribution in [3.8, 4) is 11.5 Å². The van der Waals surface area contributed by atoms with Crippen LogP contribution in [0.1, 0.15) is 35.5 Å². The molecule has 0 bridgehead atoms. The Balaban J connectivity index is 1.18. The van der Waals surface area contributed by atoms with Crippen molar-refractivity contribution in [2.24, 2.45) is 0 Å². The van der Waals surface area contributed by atoms with Gasteiger partial charge in [-0.3, -0.25) is 0 Å². The Morgan fingerprint density at radius 1 is 0.786 bits per heavy atom. The van der Waals surface area contributed by atoms with Crippen LogP contribution in [0.25, 0.3) is 0 Å². The van der Waals surface area contributed by atoms with Crippen LogP contribution in [0, 0.1) is 0 Å². The van der Waals surface area contributed by atoms with E-state index in [0.29, 0.717) is 29.3 Å². The van der Waals surface area contributed by atoms with Crippen LogP contribution in [0.15, 0.2) is 103 Å². The van der Waals surface area contributed by atoms with Crippen molar-refractivity contribution >= 4 is 29.2 Å². The van der Waals surface area contributed by atoms with Crippen molar-refractivity contribution < 1.29 is 29.2 Å². The SMILES string of the molecule is O=C(Nc1ccc(Oc2ccccc2)cc1)Nc1ccc([C@@H]2O[C@H](CSCCO)C[C@H](c3ccc(CO)cc3)O2)cc1. The van der Waals surface area contributed by atoms with Gasteiger partial charge in [-0.25, -0.2) is 4.79 Å². The number of aliphatic hydroxyl groups is 2. The number of rotatable bonds is 11. The summed E-state index contributed by atoms with van der Waals surface area (Å²) in [6.07, 6.45) is -0.132. The fraction of sp³-hybridized carbons (Fsp3) is 0.242. The van der Waals surface area contributed by atoms with Gasteiger partial charge in [-0.1, -0.05) is 54.6 Å². The summed E-state index contributed by atoms with van der Waals surface area (Å²) in [7, 11) is 0. The van der Waals surface area contributed by atoms with Crippen LogP contribution in [0.5, 0.6) is 11.5 Å². The van der Waals surface area contributed by atoms with Gasteiger partial charge in [0.05, 0.1) is 25.4 Å². The number of carbonyl (C=O) groups excluding carboxylic acids is 1. The zero-order valence-corrected chi connectivity index (χ0v) is 23.8. The van der Waals surface area contributed by atoms with Crippen LogP contribution in [-0.4, -0.2) is 40.5 Å². The van der Waals surface area contributed by atoms with Crippen molar-refractivity contribution in [2.45, 2.75) is 31.5 Å². The van der Waals surface area contributed by atoms with Crippen LogP contribution in [-0.2, 0) is 16.1 Å². The third kappa shape index (κ3) is 8.34. The Labute approximate surface area is 249 Å². The van der Waals surface area contributed by atoms with Gasteiger partial charge in [0.2, 0.25) is 0 Å². The van der Waals surface area contributed by atoms with Crippen molar-refractivity contribution in [1.82, 2.24) is 0 Å². The lowest BCUT2D eigenvalue weighted by Gasteiger charge is -2.36. The number of hydrogen-bond acceptors (Lipinski definition) is 7. The molecule has 1 heterocycles. The van der Waals surface area contributed by atoms with E-state index in [9.17, 15) is 15.0 Å². The molecule has 0 spiro atoms. The summed E-state index contributed by atoms with van der Waals surface area (Å²) < 4.78 is 18.4. The molecule has 1 aliphatic rings. The third-order valence-corrected chi connectivity index (χ3v) is 7.76. The quantitative estimate of drug-likeness (QED) is 0.142. The number of anilines is 2. The summed E-state index contributed by atoms with van der Waals surface area (Å²) in [5, 5.41) is 24.3. The number of benzene rings is 4. The topological polar surface area (TPSA) is 109 Å². The number of amides is 2. The lowest BCUT2D eigenvalue weighted by atomic mass is 10.0. The summed E-state index contributed by atoms with van der Waals surface area (Å²) in [5.41, 5.74) is 3.97. The molecule has 5 rings (SSSR count). The van der Waals surface area contributed by atoms with Gasteiger partial charge in [-0.2, -0.15) is 11.8 Å². The monoisotopic (exact) mass is 586 g/mol. The summed E-state index contributed by atoms with van der Waals surface area (Å²) in [4.78, 5) is 12.6. The average Bonchev–Trinajstić information content (AvgIpc) is 3.03. The summed E-state index contributed by atoms with van der Waals surface area (Å²) >= 11 is 1.65. The number of thioether (sulfide) groups is 1. The largest absolute Gasteiger partial charge is 0.457 e. The molecule has 0 aromatic heterocycles. The minimum absolute atomic E-state index is 0.00757. The van der Waals surface area contributed by atoms with Gasteiger partial charge in [0.25, 0.3) is 0 Å². The first kappa shape index (κ1) is 29.6. The molecule has 0 unspecified atom stereocenters.